The molecule has 4 fully saturated rings. The molecule has 2 N–H and O–H groups in total. The summed E-state index contributed by atoms with van der Waals surface area (Å²) < 4.78 is 2.07. The van der Waals surface area contributed by atoms with Crippen LogP contribution in [0.25, 0.3) is 11.3 Å². The molecule has 0 radical (unpaired) electrons. The standard InChI is InChI=1S/C23H26N6O/c1-15-2-4-18(5-3-15)19-7-20(28-27-19)21(30)26-22-8-16-6-17(9-22)11-23(10-16,12-22)29-14-24-13-25-29/h2-5,7,13-14,16-17H,6,8-12H2,1H3,(H,26,30)(H,27,28). The van der Waals surface area contributed by atoms with E-state index in [0.29, 0.717) is 17.5 Å². The van der Waals surface area contributed by atoms with Crippen LogP contribution in [-0.2, 0) is 5.54 Å². The van der Waals surface area contributed by atoms with Crippen LogP contribution in [0.1, 0.15) is 54.6 Å². The zero-order valence-electron chi connectivity index (χ0n) is 17.1. The Kier molecular flexibility index (Phi) is 3.73. The van der Waals surface area contributed by atoms with Gasteiger partial charge in [-0.15, -0.1) is 0 Å². The number of nitrogens with zero attached hydrogens (tertiary/aromatic N) is 4. The normalized spacial score (nSPS) is 31.8. The summed E-state index contributed by atoms with van der Waals surface area (Å²) >= 11 is 0. The average Bonchev–Trinajstić information content (AvgIpc) is 3.40. The van der Waals surface area contributed by atoms with E-state index in [2.05, 4.69) is 49.3 Å². The predicted molar refractivity (Wildman–Crippen MR) is 112 cm³/mol. The molecule has 4 aliphatic rings. The van der Waals surface area contributed by atoms with E-state index in [4.69, 9.17) is 0 Å². The van der Waals surface area contributed by atoms with Gasteiger partial charge in [-0.25, -0.2) is 9.67 Å². The van der Waals surface area contributed by atoms with Gasteiger partial charge in [0.25, 0.3) is 5.91 Å². The molecule has 0 spiro atoms. The van der Waals surface area contributed by atoms with Crippen molar-refractivity contribution in [3.63, 3.8) is 0 Å². The summed E-state index contributed by atoms with van der Waals surface area (Å²) in [6.07, 6.45) is 10.1. The highest BCUT2D eigenvalue weighted by atomic mass is 16.2. The Bertz CT molecular complexity index is 1070. The van der Waals surface area contributed by atoms with E-state index in [1.165, 1.54) is 12.0 Å². The number of aromatic amines is 1. The minimum atomic E-state index is -0.164. The van der Waals surface area contributed by atoms with E-state index in [0.717, 1.165) is 43.4 Å². The van der Waals surface area contributed by atoms with Gasteiger partial charge in [-0.1, -0.05) is 29.8 Å². The zero-order valence-corrected chi connectivity index (χ0v) is 17.1. The van der Waals surface area contributed by atoms with Crippen molar-refractivity contribution in [3.8, 4) is 11.3 Å². The zero-order chi connectivity index (χ0) is 20.3. The highest BCUT2D eigenvalue weighted by molar-refractivity contribution is 5.94. The molecule has 7 rings (SSSR count). The summed E-state index contributed by atoms with van der Waals surface area (Å²) in [5.41, 5.74) is 3.36. The Hall–Kier alpha value is -2.96. The highest BCUT2D eigenvalue weighted by Crippen LogP contribution is 2.60. The number of hydrogen-bond donors (Lipinski definition) is 2. The maximum atomic E-state index is 13.2. The minimum absolute atomic E-state index is 0.00505. The molecule has 0 saturated heterocycles. The van der Waals surface area contributed by atoms with Crippen molar-refractivity contribution in [2.24, 2.45) is 11.8 Å². The molecule has 1 amide bonds. The molecule has 2 atom stereocenters. The summed E-state index contributed by atoms with van der Waals surface area (Å²) in [7, 11) is 0. The molecular weight excluding hydrogens is 376 g/mol. The Morgan fingerprint density at radius 1 is 1.17 bits per heavy atom. The summed E-state index contributed by atoms with van der Waals surface area (Å²) in [5, 5.41) is 15.3. The molecule has 154 valence electrons. The van der Waals surface area contributed by atoms with Crippen LogP contribution in [-0.4, -0.2) is 36.4 Å². The van der Waals surface area contributed by atoms with Crippen LogP contribution in [0, 0.1) is 18.8 Å². The van der Waals surface area contributed by atoms with Crippen molar-refractivity contribution in [1.82, 2.24) is 30.3 Å². The van der Waals surface area contributed by atoms with Gasteiger partial charge >= 0.3 is 0 Å². The fourth-order valence-corrected chi connectivity index (χ4v) is 6.70. The second-order valence-corrected chi connectivity index (χ2v) is 9.79. The summed E-state index contributed by atoms with van der Waals surface area (Å²) in [5.74, 6) is 1.22. The van der Waals surface area contributed by atoms with Gasteiger partial charge in [-0.05, 0) is 63.4 Å². The lowest BCUT2D eigenvalue weighted by Gasteiger charge is -2.61. The molecule has 2 aromatic heterocycles. The number of H-pyrrole nitrogens is 1. The first-order valence-electron chi connectivity index (χ1n) is 10.8. The summed E-state index contributed by atoms with van der Waals surface area (Å²) in [6, 6.07) is 10.0. The monoisotopic (exact) mass is 402 g/mol. The number of aromatic nitrogens is 5. The van der Waals surface area contributed by atoms with E-state index in [-0.39, 0.29) is 17.0 Å². The van der Waals surface area contributed by atoms with Crippen molar-refractivity contribution in [1.29, 1.82) is 0 Å². The quantitative estimate of drug-likeness (QED) is 0.700. The van der Waals surface area contributed by atoms with Gasteiger partial charge < -0.3 is 5.32 Å². The smallest absolute Gasteiger partial charge is 0.269 e. The van der Waals surface area contributed by atoms with Gasteiger partial charge in [0.15, 0.2) is 0 Å². The molecule has 30 heavy (non-hydrogen) atoms. The number of carbonyl (C=O) groups is 1. The van der Waals surface area contributed by atoms with Crippen LogP contribution in [0.2, 0.25) is 0 Å². The van der Waals surface area contributed by atoms with Crippen LogP contribution in [0.4, 0.5) is 0 Å². The van der Waals surface area contributed by atoms with Crippen LogP contribution in [0.5, 0.6) is 0 Å². The Morgan fingerprint density at radius 2 is 1.93 bits per heavy atom. The topological polar surface area (TPSA) is 88.5 Å². The van der Waals surface area contributed by atoms with Gasteiger partial charge in [-0.3, -0.25) is 9.89 Å². The van der Waals surface area contributed by atoms with E-state index in [9.17, 15) is 4.79 Å². The predicted octanol–water partition coefficient (Wildman–Crippen LogP) is 3.45. The third-order valence-corrected chi connectivity index (χ3v) is 7.48. The molecule has 2 heterocycles. The minimum Gasteiger partial charge on any atom is -0.345 e. The second-order valence-electron chi connectivity index (χ2n) is 9.79. The van der Waals surface area contributed by atoms with Gasteiger partial charge in [-0.2, -0.15) is 10.2 Å². The van der Waals surface area contributed by atoms with Crippen molar-refractivity contribution in [3.05, 3.63) is 54.2 Å². The molecule has 4 saturated carbocycles. The molecule has 0 aliphatic heterocycles. The maximum Gasteiger partial charge on any atom is 0.269 e. The maximum absolute atomic E-state index is 13.2. The lowest BCUT2D eigenvalue weighted by molar-refractivity contribution is -0.0744. The highest BCUT2D eigenvalue weighted by Gasteiger charge is 2.59. The summed E-state index contributed by atoms with van der Waals surface area (Å²) in [4.78, 5) is 17.4. The largest absolute Gasteiger partial charge is 0.345 e. The first-order valence-corrected chi connectivity index (χ1v) is 10.8. The van der Waals surface area contributed by atoms with Crippen molar-refractivity contribution >= 4 is 5.91 Å². The van der Waals surface area contributed by atoms with Crippen LogP contribution in [0.3, 0.4) is 0 Å². The first kappa shape index (κ1) is 17.9. The first-order chi connectivity index (χ1) is 14.5. The molecule has 7 nitrogen and oxygen atoms in total. The molecule has 7 heteroatoms. The van der Waals surface area contributed by atoms with Gasteiger partial charge in [0.1, 0.15) is 18.3 Å². The van der Waals surface area contributed by atoms with E-state index < -0.39 is 0 Å². The number of benzene rings is 1. The average molecular weight is 403 g/mol. The fourth-order valence-electron chi connectivity index (χ4n) is 6.70. The Morgan fingerprint density at radius 3 is 2.63 bits per heavy atom. The number of hydrogen-bond acceptors (Lipinski definition) is 4. The van der Waals surface area contributed by atoms with Crippen LogP contribution >= 0.6 is 0 Å². The Labute approximate surface area is 175 Å². The fraction of sp³-hybridized carbons (Fsp3) is 0.478. The van der Waals surface area contributed by atoms with Crippen LogP contribution < -0.4 is 5.32 Å². The molecule has 2 unspecified atom stereocenters. The number of carbonyl (C=O) groups excluding carboxylic acids is 1. The number of nitrogens with one attached hydrogen (secondary N) is 2. The Balaban J connectivity index is 1.26. The van der Waals surface area contributed by atoms with Crippen LogP contribution in [0.15, 0.2) is 43.0 Å². The third kappa shape index (κ3) is 2.79. The number of aryl methyl sites for hydroxylation is 1. The van der Waals surface area contributed by atoms with E-state index in [1.54, 1.807) is 6.33 Å². The van der Waals surface area contributed by atoms with Gasteiger partial charge in [0.2, 0.25) is 0 Å². The number of amides is 1. The van der Waals surface area contributed by atoms with Crippen molar-refractivity contribution < 1.29 is 4.79 Å². The van der Waals surface area contributed by atoms with E-state index in [1.807, 2.05) is 24.5 Å². The van der Waals surface area contributed by atoms with Gasteiger partial charge in [0, 0.05) is 11.1 Å². The van der Waals surface area contributed by atoms with Crippen molar-refractivity contribution in [2.45, 2.75) is 56.5 Å². The summed E-state index contributed by atoms with van der Waals surface area (Å²) in [6.45, 7) is 2.06. The SMILES string of the molecule is Cc1ccc(-c2cc(C(=O)NC34CC5CC(C3)CC(n3cncn3)(C5)C4)[nH]n2)cc1. The molecule has 3 aromatic rings. The third-order valence-electron chi connectivity index (χ3n) is 7.48. The van der Waals surface area contributed by atoms with Gasteiger partial charge in [0.05, 0.1) is 11.2 Å². The van der Waals surface area contributed by atoms with Crippen molar-refractivity contribution in [2.75, 3.05) is 0 Å². The molecular formula is C23H26N6O. The lowest BCUT2D eigenvalue weighted by atomic mass is 9.50. The number of rotatable bonds is 4. The molecule has 1 aromatic carbocycles. The second kappa shape index (κ2) is 6.27. The molecule has 4 aliphatic carbocycles. The molecule has 4 bridgehead atoms. The van der Waals surface area contributed by atoms with E-state index >= 15 is 0 Å². The lowest BCUT2D eigenvalue weighted by Crippen LogP contribution is -2.65.